The zero-order chi connectivity index (χ0) is 14.8. The van der Waals surface area contributed by atoms with Gasteiger partial charge in [0.15, 0.2) is 0 Å². The lowest BCUT2D eigenvalue weighted by atomic mass is 10.1. The topological polar surface area (TPSA) is 52.0 Å². The van der Waals surface area contributed by atoms with Crippen LogP contribution in [0, 0.1) is 0 Å². The van der Waals surface area contributed by atoms with Crippen molar-refractivity contribution in [1.29, 1.82) is 0 Å². The summed E-state index contributed by atoms with van der Waals surface area (Å²) in [5.41, 5.74) is 0. The summed E-state index contributed by atoms with van der Waals surface area (Å²) in [5, 5.41) is 10.3. The number of aliphatic hydroxyl groups excluding tert-OH is 1. The summed E-state index contributed by atoms with van der Waals surface area (Å²) < 4.78 is 1.87. The molecule has 2 atom stereocenters. The SMILES string of the molecule is CN1CCN([C@H]2CN(C(=O)Cn3cccc3)C[C@@H]2O)CC1. The molecule has 2 aliphatic rings. The van der Waals surface area contributed by atoms with Crippen molar-refractivity contribution < 1.29 is 9.90 Å². The van der Waals surface area contributed by atoms with Crippen LogP contribution in [0.4, 0.5) is 0 Å². The number of piperazine rings is 1. The Labute approximate surface area is 125 Å². The van der Waals surface area contributed by atoms with Gasteiger partial charge in [0.1, 0.15) is 6.54 Å². The molecule has 2 aliphatic heterocycles. The highest BCUT2D eigenvalue weighted by molar-refractivity contribution is 5.76. The number of aromatic nitrogens is 1. The number of amides is 1. The highest BCUT2D eigenvalue weighted by Crippen LogP contribution is 2.18. The van der Waals surface area contributed by atoms with Crippen molar-refractivity contribution in [2.75, 3.05) is 46.3 Å². The molecule has 0 unspecified atom stereocenters. The van der Waals surface area contributed by atoms with Gasteiger partial charge in [-0.2, -0.15) is 0 Å². The molecule has 1 amide bonds. The van der Waals surface area contributed by atoms with Crippen molar-refractivity contribution in [2.24, 2.45) is 0 Å². The van der Waals surface area contributed by atoms with Gasteiger partial charge in [0.05, 0.1) is 12.1 Å². The summed E-state index contributed by atoms with van der Waals surface area (Å²) in [4.78, 5) is 18.7. The fraction of sp³-hybridized carbons (Fsp3) is 0.667. The van der Waals surface area contributed by atoms with Crippen molar-refractivity contribution in [1.82, 2.24) is 19.3 Å². The number of likely N-dealkylation sites (tertiary alicyclic amines) is 1. The molecule has 0 aromatic carbocycles. The lowest BCUT2D eigenvalue weighted by Crippen LogP contribution is -2.52. The number of rotatable bonds is 3. The minimum absolute atomic E-state index is 0.0851. The average Bonchev–Trinajstić information content (AvgIpc) is 3.09. The Hall–Kier alpha value is -1.37. The number of hydrogen-bond acceptors (Lipinski definition) is 4. The van der Waals surface area contributed by atoms with Gasteiger partial charge in [0, 0.05) is 51.7 Å². The van der Waals surface area contributed by atoms with Crippen LogP contribution in [0.1, 0.15) is 0 Å². The number of carbonyl (C=O) groups is 1. The van der Waals surface area contributed by atoms with Gasteiger partial charge in [-0.15, -0.1) is 0 Å². The predicted molar refractivity (Wildman–Crippen MR) is 79.9 cm³/mol. The molecule has 6 heteroatoms. The third-order valence-corrected chi connectivity index (χ3v) is 4.60. The number of nitrogens with zero attached hydrogens (tertiary/aromatic N) is 4. The molecule has 0 aliphatic carbocycles. The Morgan fingerprint density at radius 1 is 1.14 bits per heavy atom. The van der Waals surface area contributed by atoms with Crippen LogP contribution in [-0.2, 0) is 11.3 Å². The monoisotopic (exact) mass is 292 g/mol. The van der Waals surface area contributed by atoms with Crippen molar-refractivity contribution in [3.8, 4) is 0 Å². The van der Waals surface area contributed by atoms with Crippen LogP contribution in [0.25, 0.3) is 0 Å². The number of likely N-dealkylation sites (N-methyl/N-ethyl adjacent to an activating group) is 1. The lowest BCUT2D eigenvalue weighted by Gasteiger charge is -2.37. The van der Waals surface area contributed by atoms with Crippen molar-refractivity contribution in [2.45, 2.75) is 18.7 Å². The van der Waals surface area contributed by atoms with Gasteiger partial charge in [-0.05, 0) is 19.2 Å². The van der Waals surface area contributed by atoms with E-state index < -0.39 is 6.10 Å². The Balaban J connectivity index is 1.56. The molecular weight excluding hydrogens is 268 g/mol. The molecule has 116 valence electrons. The van der Waals surface area contributed by atoms with E-state index in [0.29, 0.717) is 19.6 Å². The van der Waals surface area contributed by atoms with Crippen LogP contribution < -0.4 is 0 Å². The molecular formula is C15H24N4O2. The maximum Gasteiger partial charge on any atom is 0.242 e. The summed E-state index contributed by atoms with van der Waals surface area (Å²) in [7, 11) is 2.12. The highest BCUT2D eigenvalue weighted by Gasteiger charge is 2.38. The van der Waals surface area contributed by atoms with Gasteiger partial charge in [-0.1, -0.05) is 0 Å². The second-order valence-corrected chi connectivity index (χ2v) is 6.13. The summed E-state index contributed by atoms with van der Waals surface area (Å²) in [6.45, 7) is 5.45. The van der Waals surface area contributed by atoms with Crippen molar-refractivity contribution in [3.05, 3.63) is 24.5 Å². The Kier molecular flexibility index (Phi) is 4.28. The zero-order valence-electron chi connectivity index (χ0n) is 12.6. The molecule has 0 saturated carbocycles. The highest BCUT2D eigenvalue weighted by atomic mass is 16.3. The first-order valence-electron chi connectivity index (χ1n) is 7.62. The first kappa shape index (κ1) is 14.6. The second-order valence-electron chi connectivity index (χ2n) is 6.13. The molecule has 1 aromatic heterocycles. The van der Waals surface area contributed by atoms with E-state index in [-0.39, 0.29) is 11.9 Å². The second kappa shape index (κ2) is 6.17. The zero-order valence-corrected chi connectivity index (χ0v) is 12.6. The van der Waals surface area contributed by atoms with Gasteiger partial charge < -0.3 is 19.5 Å². The standard InChI is InChI=1S/C15H24N4O2/c1-16-6-8-18(9-7-16)13-10-19(11-14(13)20)15(21)12-17-4-2-3-5-17/h2-5,13-14,20H,6-12H2,1H3/t13-,14-/m0/s1. The molecule has 0 radical (unpaired) electrons. The van der Waals surface area contributed by atoms with Crippen LogP contribution in [0.3, 0.4) is 0 Å². The van der Waals surface area contributed by atoms with E-state index in [2.05, 4.69) is 16.8 Å². The van der Waals surface area contributed by atoms with E-state index in [1.807, 2.05) is 29.1 Å². The van der Waals surface area contributed by atoms with Crippen LogP contribution in [0.15, 0.2) is 24.5 Å². The number of β-amino-alcohol motifs (C(OH)–C–C–N with tert-alkyl or cyclic N) is 1. The van der Waals surface area contributed by atoms with Gasteiger partial charge in [-0.25, -0.2) is 0 Å². The van der Waals surface area contributed by atoms with Gasteiger partial charge in [0.25, 0.3) is 0 Å². The Bertz CT molecular complexity index is 468. The summed E-state index contributed by atoms with van der Waals surface area (Å²) in [6.07, 6.45) is 3.35. The maximum absolute atomic E-state index is 12.3. The Morgan fingerprint density at radius 2 is 1.81 bits per heavy atom. The fourth-order valence-electron chi connectivity index (χ4n) is 3.22. The van der Waals surface area contributed by atoms with Crippen LogP contribution >= 0.6 is 0 Å². The third kappa shape index (κ3) is 3.28. The fourth-order valence-corrected chi connectivity index (χ4v) is 3.22. The molecule has 0 spiro atoms. The van der Waals surface area contributed by atoms with E-state index in [0.717, 1.165) is 26.2 Å². The van der Waals surface area contributed by atoms with Crippen LogP contribution in [0.5, 0.6) is 0 Å². The number of hydrogen-bond donors (Lipinski definition) is 1. The molecule has 21 heavy (non-hydrogen) atoms. The Morgan fingerprint density at radius 3 is 2.48 bits per heavy atom. The normalized spacial score (nSPS) is 28.2. The number of carbonyl (C=O) groups excluding carboxylic acids is 1. The molecule has 3 rings (SSSR count). The van der Waals surface area contributed by atoms with E-state index in [1.165, 1.54) is 0 Å². The first-order valence-corrected chi connectivity index (χ1v) is 7.62. The third-order valence-electron chi connectivity index (χ3n) is 4.60. The van der Waals surface area contributed by atoms with E-state index in [9.17, 15) is 9.90 Å². The minimum Gasteiger partial charge on any atom is -0.390 e. The smallest absolute Gasteiger partial charge is 0.242 e. The molecule has 0 bridgehead atoms. The summed E-state index contributed by atoms with van der Waals surface area (Å²) >= 11 is 0. The van der Waals surface area contributed by atoms with Crippen molar-refractivity contribution in [3.63, 3.8) is 0 Å². The summed E-state index contributed by atoms with van der Waals surface area (Å²) in [5.74, 6) is 0.0851. The molecule has 2 saturated heterocycles. The number of aliphatic hydroxyl groups is 1. The maximum atomic E-state index is 12.3. The average molecular weight is 292 g/mol. The van der Waals surface area contributed by atoms with Gasteiger partial charge >= 0.3 is 0 Å². The van der Waals surface area contributed by atoms with Crippen LogP contribution in [-0.4, -0.2) is 88.7 Å². The van der Waals surface area contributed by atoms with E-state index >= 15 is 0 Å². The quantitative estimate of drug-likeness (QED) is 0.801. The molecule has 1 N–H and O–H groups in total. The van der Waals surface area contributed by atoms with E-state index in [4.69, 9.17) is 0 Å². The van der Waals surface area contributed by atoms with Crippen molar-refractivity contribution >= 4 is 5.91 Å². The molecule has 6 nitrogen and oxygen atoms in total. The van der Waals surface area contributed by atoms with Crippen LogP contribution in [0.2, 0.25) is 0 Å². The van der Waals surface area contributed by atoms with Gasteiger partial charge in [-0.3, -0.25) is 9.69 Å². The predicted octanol–water partition coefficient (Wildman–Crippen LogP) is -0.693. The molecule has 3 heterocycles. The minimum atomic E-state index is -0.429. The van der Waals surface area contributed by atoms with E-state index in [1.54, 1.807) is 4.90 Å². The van der Waals surface area contributed by atoms with Gasteiger partial charge in [0.2, 0.25) is 5.91 Å². The summed E-state index contributed by atoms with van der Waals surface area (Å²) in [6, 6.07) is 3.92. The lowest BCUT2D eigenvalue weighted by molar-refractivity contribution is -0.131. The first-order chi connectivity index (χ1) is 10.1. The molecule has 1 aromatic rings. The largest absolute Gasteiger partial charge is 0.390 e. The molecule has 2 fully saturated rings.